The maximum atomic E-state index is 4.75. The van der Waals surface area contributed by atoms with Gasteiger partial charge in [-0.3, -0.25) is 0 Å². The summed E-state index contributed by atoms with van der Waals surface area (Å²) in [5, 5.41) is 11.1. The second-order valence-corrected chi connectivity index (χ2v) is 8.85. The van der Waals surface area contributed by atoms with E-state index < -0.39 is 0 Å². The molecule has 0 amide bonds. The van der Waals surface area contributed by atoms with E-state index in [9.17, 15) is 0 Å². The van der Waals surface area contributed by atoms with Crippen molar-refractivity contribution in [2.24, 2.45) is 0 Å². The van der Waals surface area contributed by atoms with Crippen molar-refractivity contribution in [3.8, 4) is 10.7 Å². The summed E-state index contributed by atoms with van der Waals surface area (Å²) in [6.45, 7) is 8.75. The number of para-hydroxylation sites is 1. The predicted molar refractivity (Wildman–Crippen MR) is 134 cm³/mol. The van der Waals surface area contributed by atoms with Crippen LogP contribution in [0.5, 0.6) is 0 Å². The van der Waals surface area contributed by atoms with E-state index in [1.807, 2.05) is 24.3 Å². The molecule has 0 aliphatic rings. The Balaban J connectivity index is 1.36. The highest BCUT2D eigenvalue weighted by atomic mass is 32.1. The van der Waals surface area contributed by atoms with Gasteiger partial charge in [-0.05, 0) is 62.2 Å². The Hall–Kier alpha value is -3.29. The van der Waals surface area contributed by atoms with Gasteiger partial charge >= 0.3 is 0 Å². The van der Waals surface area contributed by atoms with Crippen molar-refractivity contribution in [2.75, 3.05) is 23.7 Å². The van der Waals surface area contributed by atoms with Gasteiger partial charge in [0.15, 0.2) is 0 Å². The molecule has 2 heterocycles. The first-order valence-electron chi connectivity index (χ1n) is 10.7. The minimum absolute atomic E-state index is 0.576. The van der Waals surface area contributed by atoms with E-state index in [4.69, 9.17) is 9.97 Å². The minimum atomic E-state index is 0.576. The number of nitrogens with one attached hydrogen (secondary N) is 3. The van der Waals surface area contributed by atoms with Crippen LogP contribution in [-0.2, 0) is 6.54 Å². The van der Waals surface area contributed by atoms with Gasteiger partial charge in [0.05, 0.1) is 5.69 Å². The van der Waals surface area contributed by atoms with Crippen LogP contribution in [0.3, 0.4) is 0 Å². The van der Waals surface area contributed by atoms with Gasteiger partial charge in [-0.25, -0.2) is 15.0 Å². The molecule has 2 aromatic heterocycles. The topological polar surface area (TPSA) is 74.8 Å². The first-order chi connectivity index (χ1) is 15.6. The highest BCUT2D eigenvalue weighted by molar-refractivity contribution is 7.15. The Kier molecular flexibility index (Phi) is 7.09. The van der Waals surface area contributed by atoms with E-state index in [1.165, 1.54) is 16.0 Å². The molecule has 0 saturated heterocycles. The molecule has 164 valence electrons. The Labute approximate surface area is 193 Å². The molecule has 32 heavy (non-hydrogen) atoms. The molecule has 4 rings (SSSR count). The zero-order chi connectivity index (χ0) is 22.3. The van der Waals surface area contributed by atoms with Crippen LogP contribution in [0.2, 0.25) is 0 Å². The molecule has 3 N–H and O–H groups in total. The molecule has 0 bridgehead atoms. The van der Waals surface area contributed by atoms with Crippen LogP contribution in [0.4, 0.5) is 17.3 Å². The average molecular weight is 445 g/mol. The van der Waals surface area contributed by atoms with Crippen LogP contribution in [0.1, 0.15) is 21.7 Å². The SMILES string of the molecule is Cc1cc(C)cc(Nc2nccc(-c3nc(C)c(CNCCNc4ccccc4)s3)n2)c1. The smallest absolute Gasteiger partial charge is 0.227 e. The number of thiazole rings is 1. The molecule has 0 aliphatic carbocycles. The lowest BCUT2D eigenvalue weighted by atomic mass is 10.1. The van der Waals surface area contributed by atoms with Crippen LogP contribution in [0.25, 0.3) is 10.7 Å². The minimum Gasteiger partial charge on any atom is -0.384 e. The molecule has 4 aromatic rings. The average Bonchev–Trinajstić information content (AvgIpc) is 3.14. The largest absolute Gasteiger partial charge is 0.384 e. The van der Waals surface area contributed by atoms with Gasteiger partial charge in [0.1, 0.15) is 10.7 Å². The zero-order valence-corrected chi connectivity index (χ0v) is 19.5. The molecular formula is C25H28N6S. The molecule has 6 nitrogen and oxygen atoms in total. The number of anilines is 3. The third-order valence-corrected chi connectivity index (χ3v) is 6.12. The molecule has 0 fully saturated rings. The summed E-state index contributed by atoms with van der Waals surface area (Å²) in [5.74, 6) is 0.576. The Bertz CT molecular complexity index is 1150. The van der Waals surface area contributed by atoms with Crippen LogP contribution < -0.4 is 16.0 Å². The Morgan fingerprint density at radius 3 is 2.41 bits per heavy atom. The third kappa shape index (κ3) is 5.90. The number of hydrogen-bond donors (Lipinski definition) is 3. The van der Waals surface area contributed by atoms with Crippen molar-refractivity contribution in [3.63, 3.8) is 0 Å². The summed E-state index contributed by atoms with van der Waals surface area (Å²) in [7, 11) is 0. The molecule has 0 radical (unpaired) electrons. The molecule has 0 aliphatic heterocycles. The molecule has 7 heteroatoms. The summed E-state index contributed by atoms with van der Waals surface area (Å²) in [6, 6.07) is 18.5. The Morgan fingerprint density at radius 2 is 1.62 bits per heavy atom. The van der Waals surface area contributed by atoms with Crippen LogP contribution >= 0.6 is 11.3 Å². The van der Waals surface area contributed by atoms with Gasteiger partial charge in [-0.15, -0.1) is 11.3 Å². The van der Waals surface area contributed by atoms with E-state index in [0.717, 1.165) is 47.4 Å². The fourth-order valence-corrected chi connectivity index (χ4v) is 4.47. The monoisotopic (exact) mass is 444 g/mol. The zero-order valence-electron chi connectivity index (χ0n) is 18.6. The maximum Gasteiger partial charge on any atom is 0.227 e. The van der Waals surface area contributed by atoms with Crippen molar-refractivity contribution in [2.45, 2.75) is 27.3 Å². The fraction of sp³-hybridized carbons (Fsp3) is 0.240. The number of aryl methyl sites for hydroxylation is 3. The molecule has 0 spiro atoms. The summed E-state index contributed by atoms with van der Waals surface area (Å²) in [6.07, 6.45) is 1.78. The molecule has 0 atom stereocenters. The second-order valence-electron chi connectivity index (χ2n) is 7.76. The van der Waals surface area contributed by atoms with Gasteiger partial charge < -0.3 is 16.0 Å². The van der Waals surface area contributed by atoms with Crippen molar-refractivity contribution in [1.82, 2.24) is 20.3 Å². The van der Waals surface area contributed by atoms with Crippen molar-refractivity contribution in [1.29, 1.82) is 0 Å². The van der Waals surface area contributed by atoms with Crippen molar-refractivity contribution in [3.05, 3.63) is 82.5 Å². The predicted octanol–water partition coefficient (Wildman–Crippen LogP) is 5.47. The van der Waals surface area contributed by atoms with E-state index in [-0.39, 0.29) is 0 Å². The van der Waals surface area contributed by atoms with E-state index in [1.54, 1.807) is 17.5 Å². The standard InChI is InChI=1S/C25H28N6S/c1-17-13-18(2)15-21(14-17)30-25-28-10-9-22(31-25)24-29-19(3)23(32-24)16-26-11-12-27-20-7-5-4-6-8-20/h4-10,13-15,26-27H,11-12,16H2,1-3H3,(H,28,30,31). The fourth-order valence-electron chi connectivity index (χ4n) is 3.47. The van der Waals surface area contributed by atoms with Gasteiger partial charge in [0, 0.05) is 42.1 Å². The Morgan fingerprint density at radius 1 is 0.844 bits per heavy atom. The number of nitrogens with zero attached hydrogens (tertiary/aromatic N) is 3. The second kappa shape index (κ2) is 10.3. The van der Waals surface area contributed by atoms with Crippen LogP contribution in [0.15, 0.2) is 60.8 Å². The molecule has 0 unspecified atom stereocenters. The maximum absolute atomic E-state index is 4.75. The summed E-state index contributed by atoms with van der Waals surface area (Å²) in [5.41, 5.74) is 6.40. The lowest BCUT2D eigenvalue weighted by Gasteiger charge is -2.08. The normalized spacial score (nSPS) is 10.8. The van der Waals surface area contributed by atoms with E-state index in [2.05, 4.69) is 72.0 Å². The van der Waals surface area contributed by atoms with Gasteiger partial charge in [0.2, 0.25) is 5.95 Å². The quantitative estimate of drug-likeness (QED) is 0.297. The lowest BCUT2D eigenvalue weighted by molar-refractivity contribution is 0.710. The molecular weight excluding hydrogens is 416 g/mol. The van der Waals surface area contributed by atoms with E-state index in [0.29, 0.717) is 5.95 Å². The first kappa shape index (κ1) is 21.9. The highest BCUT2D eigenvalue weighted by Gasteiger charge is 2.11. The van der Waals surface area contributed by atoms with Gasteiger partial charge in [-0.1, -0.05) is 24.3 Å². The van der Waals surface area contributed by atoms with Gasteiger partial charge in [-0.2, -0.15) is 0 Å². The summed E-state index contributed by atoms with van der Waals surface area (Å²) < 4.78 is 0. The lowest BCUT2D eigenvalue weighted by Crippen LogP contribution is -2.21. The first-order valence-corrected chi connectivity index (χ1v) is 11.5. The van der Waals surface area contributed by atoms with Crippen LogP contribution in [0, 0.1) is 20.8 Å². The summed E-state index contributed by atoms with van der Waals surface area (Å²) in [4.78, 5) is 15.0. The molecule has 0 saturated carbocycles. The number of rotatable bonds is 9. The van der Waals surface area contributed by atoms with Crippen LogP contribution in [-0.4, -0.2) is 28.0 Å². The van der Waals surface area contributed by atoms with Gasteiger partial charge in [0.25, 0.3) is 0 Å². The van der Waals surface area contributed by atoms with E-state index >= 15 is 0 Å². The number of aromatic nitrogens is 3. The number of benzene rings is 2. The third-order valence-electron chi connectivity index (χ3n) is 4.94. The molecule has 2 aromatic carbocycles. The highest BCUT2D eigenvalue weighted by Crippen LogP contribution is 2.27. The van der Waals surface area contributed by atoms with Crippen molar-refractivity contribution >= 4 is 28.7 Å². The summed E-state index contributed by atoms with van der Waals surface area (Å²) >= 11 is 1.67. The van der Waals surface area contributed by atoms with Crippen molar-refractivity contribution < 1.29 is 0 Å². The number of hydrogen-bond acceptors (Lipinski definition) is 7.